The second-order valence-corrected chi connectivity index (χ2v) is 6.64. The van der Waals surface area contributed by atoms with Gasteiger partial charge in [0.15, 0.2) is 0 Å². The molecular formula is C18H26N6O. The van der Waals surface area contributed by atoms with Gasteiger partial charge in [-0.2, -0.15) is 5.10 Å². The van der Waals surface area contributed by atoms with Crippen molar-refractivity contribution < 1.29 is 4.79 Å². The minimum atomic E-state index is 0.0180. The topological polar surface area (TPSA) is 75.9 Å². The number of carbonyl (C=O) groups excluding carboxylic acids is 1. The normalized spacial score (nSPS) is 17.5. The molecule has 7 heteroatoms. The Hall–Kier alpha value is -2.44. The number of rotatable bonds is 6. The molecule has 1 aliphatic heterocycles. The third-order valence-electron chi connectivity index (χ3n) is 4.62. The molecule has 1 aliphatic rings. The number of nitrogens with zero attached hydrogens (tertiary/aromatic N) is 5. The first kappa shape index (κ1) is 17.4. The zero-order valence-electron chi connectivity index (χ0n) is 15.0. The predicted octanol–water partition coefficient (Wildman–Crippen LogP) is 1.71. The average Bonchev–Trinajstić information content (AvgIpc) is 2.96. The highest BCUT2D eigenvalue weighted by atomic mass is 16.1. The minimum absolute atomic E-state index is 0.0180. The van der Waals surface area contributed by atoms with Gasteiger partial charge in [-0.3, -0.25) is 14.5 Å². The number of hydrogen-bond acceptors (Lipinski definition) is 5. The maximum atomic E-state index is 12.5. The molecule has 0 bridgehead atoms. The molecule has 0 unspecified atom stereocenters. The van der Waals surface area contributed by atoms with Gasteiger partial charge >= 0.3 is 0 Å². The van der Waals surface area contributed by atoms with E-state index in [1.54, 1.807) is 18.6 Å². The SMILES string of the molecule is Cc1cc(C)n(CCCNC(=O)[C@H]2CCCN(c3cnccn3)C2)n1. The van der Waals surface area contributed by atoms with E-state index in [1.165, 1.54) is 0 Å². The molecule has 3 heterocycles. The van der Waals surface area contributed by atoms with Crippen LogP contribution in [0.2, 0.25) is 0 Å². The summed E-state index contributed by atoms with van der Waals surface area (Å²) in [7, 11) is 0. The van der Waals surface area contributed by atoms with Crippen LogP contribution in [0.3, 0.4) is 0 Å². The first-order chi connectivity index (χ1) is 12.1. The Bertz CT molecular complexity index is 699. The molecule has 0 aromatic carbocycles. The molecule has 1 atom stereocenters. The van der Waals surface area contributed by atoms with Gasteiger partial charge in [0.1, 0.15) is 5.82 Å². The van der Waals surface area contributed by atoms with Gasteiger partial charge in [-0.05, 0) is 39.2 Å². The van der Waals surface area contributed by atoms with Gasteiger partial charge in [0.2, 0.25) is 5.91 Å². The van der Waals surface area contributed by atoms with E-state index in [1.807, 2.05) is 11.6 Å². The summed E-state index contributed by atoms with van der Waals surface area (Å²) in [5.41, 5.74) is 2.20. The van der Waals surface area contributed by atoms with E-state index in [0.717, 1.165) is 49.6 Å². The summed E-state index contributed by atoms with van der Waals surface area (Å²) < 4.78 is 2.00. The zero-order valence-corrected chi connectivity index (χ0v) is 15.0. The van der Waals surface area contributed by atoms with Crippen LogP contribution >= 0.6 is 0 Å². The van der Waals surface area contributed by atoms with E-state index in [9.17, 15) is 4.79 Å². The van der Waals surface area contributed by atoms with Crippen molar-refractivity contribution in [2.24, 2.45) is 5.92 Å². The third-order valence-corrected chi connectivity index (χ3v) is 4.62. The van der Waals surface area contributed by atoms with Crippen molar-refractivity contribution in [3.63, 3.8) is 0 Å². The summed E-state index contributed by atoms with van der Waals surface area (Å²) in [6, 6.07) is 2.07. The van der Waals surface area contributed by atoms with Crippen molar-refractivity contribution in [1.29, 1.82) is 0 Å². The Labute approximate surface area is 148 Å². The van der Waals surface area contributed by atoms with Crippen LogP contribution in [0, 0.1) is 19.8 Å². The molecule has 7 nitrogen and oxygen atoms in total. The first-order valence-corrected chi connectivity index (χ1v) is 8.93. The molecule has 0 aliphatic carbocycles. The lowest BCUT2D eigenvalue weighted by Crippen LogP contribution is -2.43. The van der Waals surface area contributed by atoms with E-state index in [0.29, 0.717) is 13.1 Å². The van der Waals surface area contributed by atoms with Gasteiger partial charge in [-0.25, -0.2) is 4.98 Å². The molecule has 0 spiro atoms. The van der Waals surface area contributed by atoms with E-state index in [4.69, 9.17) is 0 Å². The summed E-state index contributed by atoms with van der Waals surface area (Å²) in [5, 5.41) is 7.52. The number of amides is 1. The van der Waals surface area contributed by atoms with Crippen molar-refractivity contribution in [3.05, 3.63) is 36.0 Å². The second kappa shape index (κ2) is 8.09. The van der Waals surface area contributed by atoms with Crippen LogP contribution in [-0.4, -0.2) is 45.3 Å². The summed E-state index contributed by atoms with van der Waals surface area (Å²) in [4.78, 5) is 23.1. The Morgan fingerprint density at radius 2 is 2.24 bits per heavy atom. The molecule has 1 amide bonds. The fourth-order valence-electron chi connectivity index (χ4n) is 3.34. The molecule has 1 N–H and O–H groups in total. The van der Waals surface area contributed by atoms with Crippen LogP contribution in [0.15, 0.2) is 24.7 Å². The lowest BCUT2D eigenvalue weighted by molar-refractivity contribution is -0.125. The molecule has 25 heavy (non-hydrogen) atoms. The Morgan fingerprint density at radius 3 is 2.96 bits per heavy atom. The summed E-state index contributed by atoms with van der Waals surface area (Å²) in [6.07, 6.45) is 7.93. The summed E-state index contributed by atoms with van der Waals surface area (Å²) >= 11 is 0. The molecule has 2 aromatic rings. The highest BCUT2D eigenvalue weighted by Crippen LogP contribution is 2.20. The van der Waals surface area contributed by atoms with Crippen molar-refractivity contribution in [1.82, 2.24) is 25.1 Å². The lowest BCUT2D eigenvalue weighted by atomic mass is 9.97. The maximum Gasteiger partial charge on any atom is 0.224 e. The van der Waals surface area contributed by atoms with Crippen LogP contribution < -0.4 is 10.2 Å². The smallest absolute Gasteiger partial charge is 0.224 e. The van der Waals surface area contributed by atoms with Crippen LogP contribution in [0.4, 0.5) is 5.82 Å². The van der Waals surface area contributed by atoms with E-state index in [2.05, 4.69) is 38.3 Å². The third kappa shape index (κ3) is 4.55. The second-order valence-electron chi connectivity index (χ2n) is 6.64. The van der Waals surface area contributed by atoms with Gasteiger partial charge in [-0.1, -0.05) is 0 Å². The van der Waals surface area contributed by atoms with E-state index >= 15 is 0 Å². The molecule has 0 radical (unpaired) electrons. The number of aromatic nitrogens is 4. The number of aryl methyl sites for hydroxylation is 3. The summed E-state index contributed by atoms with van der Waals surface area (Å²) in [5.74, 6) is 1.01. The summed E-state index contributed by atoms with van der Waals surface area (Å²) in [6.45, 7) is 7.20. The largest absolute Gasteiger partial charge is 0.356 e. The van der Waals surface area contributed by atoms with Crippen molar-refractivity contribution in [3.8, 4) is 0 Å². The standard InChI is InChI=1S/C18H26N6O/c1-14-11-15(2)24(22-14)10-4-6-21-18(25)16-5-3-9-23(13-16)17-12-19-7-8-20-17/h7-8,11-12,16H,3-6,9-10,13H2,1-2H3,(H,21,25)/t16-/m0/s1. The average molecular weight is 342 g/mol. The highest BCUT2D eigenvalue weighted by Gasteiger charge is 2.26. The van der Waals surface area contributed by atoms with Crippen molar-refractivity contribution >= 4 is 11.7 Å². The number of piperidine rings is 1. The fraction of sp³-hybridized carbons (Fsp3) is 0.556. The van der Waals surface area contributed by atoms with Gasteiger partial charge in [-0.15, -0.1) is 0 Å². The quantitative estimate of drug-likeness (QED) is 0.809. The van der Waals surface area contributed by atoms with Gasteiger partial charge < -0.3 is 10.2 Å². The Morgan fingerprint density at radius 1 is 1.36 bits per heavy atom. The number of carbonyl (C=O) groups is 1. The molecular weight excluding hydrogens is 316 g/mol. The number of anilines is 1. The first-order valence-electron chi connectivity index (χ1n) is 8.93. The van der Waals surface area contributed by atoms with Gasteiger partial charge in [0.05, 0.1) is 17.8 Å². The minimum Gasteiger partial charge on any atom is -0.356 e. The molecule has 2 aromatic heterocycles. The molecule has 1 fully saturated rings. The molecule has 0 saturated carbocycles. The predicted molar refractivity (Wildman–Crippen MR) is 96.3 cm³/mol. The zero-order chi connectivity index (χ0) is 17.6. The number of nitrogens with one attached hydrogen (secondary N) is 1. The van der Waals surface area contributed by atoms with Crippen molar-refractivity contribution in [2.75, 3.05) is 24.5 Å². The van der Waals surface area contributed by atoms with Crippen molar-refractivity contribution in [2.45, 2.75) is 39.7 Å². The van der Waals surface area contributed by atoms with Gasteiger partial charge in [0.25, 0.3) is 0 Å². The van der Waals surface area contributed by atoms with Crippen LogP contribution in [0.1, 0.15) is 30.7 Å². The molecule has 134 valence electrons. The van der Waals surface area contributed by atoms with Crippen LogP contribution in [-0.2, 0) is 11.3 Å². The highest BCUT2D eigenvalue weighted by molar-refractivity contribution is 5.79. The molecule has 3 rings (SSSR count). The van der Waals surface area contributed by atoms with E-state index in [-0.39, 0.29) is 11.8 Å². The fourth-order valence-corrected chi connectivity index (χ4v) is 3.34. The van der Waals surface area contributed by atoms with Crippen LogP contribution in [0.5, 0.6) is 0 Å². The maximum absolute atomic E-state index is 12.5. The van der Waals surface area contributed by atoms with Gasteiger partial charge in [0, 0.05) is 44.3 Å². The van der Waals surface area contributed by atoms with Crippen LogP contribution in [0.25, 0.3) is 0 Å². The number of hydrogen-bond donors (Lipinski definition) is 1. The monoisotopic (exact) mass is 342 g/mol. The van der Waals surface area contributed by atoms with E-state index < -0.39 is 0 Å². The Kier molecular flexibility index (Phi) is 5.63. The molecule has 1 saturated heterocycles. The Balaban J connectivity index is 1.44. The lowest BCUT2D eigenvalue weighted by Gasteiger charge is -2.32.